The summed E-state index contributed by atoms with van der Waals surface area (Å²) in [6.07, 6.45) is 3.12. The van der Waals surface area contributed by atoms with Crippen LogP contribution in [0, 0.1) is 13.8 Å². The van der Waals surface area contributed by atoms with E-state index >= 15 is 0 Å². The van der Waals surface area contributed by atoms with E-state index < -0.39 is 0 Å². The molecule has 2 rings (SSSR count). The Labute approximate surface area is 130 Å². The molecule has 3 heteroatoms. The number of aryl methyl sites for hydroxylation is 1. The molecule has 0 heterocycles. The lowest BCUT2D eigenvalue weighted by Crippen LogP contribution is -1.93. The van der Waals surface area contributed by atoms with E-state index in [0.29, 0.717) is 11.5 Å². The van der Waals surface area contributed by atoms with Crippen molar-refractivity contribution in [3.8, 4) is 11.5 Å². The average Bonchev–Trinajstić information content (AvgIpc) is 2.44. The van der Waals surface area contributed by atoms with Gasteiger partial charge in [-0.25, -0.2) is 0 Å². The van der Waals surface area contributed by atoms with Gasteiger partial charge in [-0.2, -0.15) is 0 Å². The number of phenolic OH excluding ortho intramolecular Hbond substituents is 2. The summed E-state index contributed by atoms with van der Waals surface area (Å²) < 4.78 is 0. The minimum Gasteiger partial charge on any atom is -0.508 e. The number of hydrogen-bond acceptors (Lipinski definition) is 3. The quantitative estimate of drug-likeness (QED) is 0.796. The second-order valence-corrected chi connectivity index (χ2v) is 6.43. The van der Waals surface area contributed by atoms with Crippen molar-refractivity contribution in [3.05, 3.63) is 47.0 Å². The maximum Gasteiger partial charge on any atom is 0.119 e. The van der Waals surface area contributed by atoms with Gasteiger partial charge in [-0.05, 0) is 73.7 Å². The molecule has 0 atom stereocenters. The van der Waals surface area contributed by atoms with Gasteiger partial charge in [0.2, 0.25) is 0 Å². The first kappa shape index (κ1) is 15.8. The van der Waals surface area contributed by atoms with Crippen LogP contribution in [0.15, 0.2) is 40.1 Å². The summed E-state index contributed by atoms with van der Waals surface area (Å²) in [5, 5.41) is 19.6. The van der Waals surface area contributed by atoms with Crippen molar-refractivity contribution in [2.45, 2.75) is 49.8 Å². The van der Waals surface area contributed by atoms with Crippen molar-refractivity contribution in [3.63, 3.8) is 0 Å². The average molecular weight is 302 g/mol. The fraction of sp³-hybridized carbons (Fsp3) is 0.333. The molecule has 112 valence electrons. The zero-order valence-corrected chi connectivity index (χ0v) is 13.6. The van der Waals surface area contributed by atoms with Crippen LogP contribution in [0.25, 0.3) is 0 Å². The summed E-state index contributed by atoms with van der Waals surface area (Å²) in [7, 11) is 0. The molecule has 2 aromatic rings. The minimum atomic E-state index is 0.294. The number of phenols is 2. The van der Waals surface area contributed by atoms with Gasteiger partial charge in [-0.15, -0.1) is 0 Å². The van der Waals surface area contributed by atoms with Crippen LogP contribution in [0.3, 0.4) is 0 Å². The van der Waals surface area contributed by atoms with Crippen LogP contribution in [0.2, 0.25) is 0 Å². The van der Waals surface area contributed by atoms with Gasteiger partial charge < -0.3 is 10.2 Å². The van der Waals surface area contributed by atoms with E-state index in [1.54, 1.807) is 30.0 Å². The summed E-state index contributed by atoms with van der Waals surface area (Å²) in [5.74, 6) is 0.690. The Kier molecular flexibility index (Phi) is 5.18. The maximum atomic E-state index is 10.1. The molecule has 2 N–H and O–H groups in total. The van der Waals surface area contributed by atoms with Gasteiger partial charge in [0.15, 0.2) is 0 Å². The highest BCUT2D eigenvalue weighted by Gasteiger charge is 2.11. The van der Waals surface area contributed by atoms with Crippen LogP contribution in [-0.4, -0.2) is 10.2 Å². The molecule has 21 heavy (non-hydrogen) atoms. The summed E-state index contributed by atoms with van der Waals surface area (Å²) in [6, 6.07) is 9.18. The molecule has 0 aliphatic carbocycles. The van der Waals surface area contributed by atoms with Crippen molar-refractivity contribution in [1.29, 1.82) is 0 Å². The lowest BCUT2D eigenvalue weighted by molar-refractivity contribution is 0.465. The van der Waals surface area contributed by atoms with E-state index in [2.05, 4.69) is 13.8 Å². The summed E-state index contributed by atoms with van der Waals surface area (Å²) in [6.45, 7) is 6.23. The normalized spacial score (nSPS) is 10.8. The van der Waals surface area contributed by atoms with Gasteiger partial charge in [-0.3, -0.25) is 0 Å². The highest BCUT2D eigenvalue weighted by atomic mass is 32.2. The third-order valence-corrected chi connectivity index (χ3v) is 5.02. The Morgan fingerprint density at radius 3 is 2.38 bits per heavy atom. The molecule has 2 aromatic carbocycles. The third kappa shape index (κ3) is 3.73. The predicted octanol–water partition coefficient (Wildman–Crippen LogP) is 5.21. The molecule has 0 radical (unpaired) electrons. The van der Waals surface area contributed by atoms with Crippen LogP contribution in [0.4, 0.5) is 0 Å². The molecule has 0 saturated carbocycles. The van der Waals surface area contributed by atoms with Crippen LogP contribution in [0.1, 0.15) is 36.5 Å². The fourth-order valence-corrected chi connectivity index (χ4v) is 3.37. The van der Waals surface area contributed by atoms with Gasteiger partial charge in [0, 0.05) is 9.79 Å². The number of benzene rings is 2. The lowest BCUT2D eigenvalue weighted by atomic mass is 10.0. The van der Waals surface area contributed by atoms with Crippen LogP contribution < -0.4 is 0 Å². The first-order chi connectivity index (χ1) is 10.0. The van der Waals surface area contributed by atoms with E-state index in [1.807, 2.05) is 19.1 Å². The van der Waals surface area contributed by atoms with Crippen LogP contribution in [0.5, 0.6) is 11.5 Å². The lowest BCUT2D eigenvalue weighted by Gasteiger charge is -2.14. The molecular weight excluding hydrogens is 280 g/mol. The first-order valence-corrected chi connectivity index (χ1v) is 8.13. The van der Waals surface area contributed by atoms with Crippen molar-refractivity contribution in [2.24, 2.45) is 0 Å². The van der Waals surface area contributed by atoms with Gasteiger partial charge >= 0.3 is 0 Å². The maximum absolute atomic E-state index is 10.1. The van der Waals surface area contributed by atoms with E-state index in [9.17, 15) is 10.2 Å². The second-order valence-electron chi connectivity index (χ2n) is 5.34. The smallest absolute Gasteiger partial charge is 0.119 e. The SMILES string of the molecule is CCCCc1c(O)ccc(Sc2ccc(O)cc2C)c1C. The van der Waals surface area contributed by atoms with Gasteiger partial charge in [0.1, 0.15) is 11.5 Å². The Balaban J connectivity index is 2.31. The molecule has 0 aliphatic heterocycles. The van der Waals surface area contributed by atoms with E-state index in [-0.39, 0.29) is 0 Å². The monoisotopic (exact) mass is 302 g/mol. The molecule has 0 bridgehead atoms. The Morgan fingerprint density at radius 2 is 1.71 bits per heavy atom. The molecule has 0 aliphatic rings. The fourth-order valence-electron chi connectivity index (χ4n) is 2.37. The standard InChI is InChI=1S/C18H22O2S/c1-4-5-6-15-13(3)18(10-8-16(15)20)21-17-9-7-14(19)11-12(17)2/h7-11,19-20H,4-6H2,1-3H3. The number of unbranched alkanes of at least 4 members (excludes halogenated alkanes) is 1. The van der Waals surface area contributed by atoms with Gasteiger partial charge in [0.25, 0.3) is 0 Å². The van der Waals surface area contributed by atoms with Gasteiger partial charge in [0.05, 0.1) is 0 Å². The zero-order valence-electron chi connectivity index (χ0n) is 12.8. The molecule has 0 aromatic heterocycles. The molecule has 0 spiro atoms. The van der Waals surface area contributed by atoms with Crippen molar-refractivity contribution >= 4 is 11.8 Å². The molecule has 0 unspecified atom stereocenters. The Bertz CT molecular complexity index is 635. The number of rotatable bonds is 5. The van der Waals surface area contributed by atoms with Crippen molar-refractivity contribution < 1.29 is 10.2 Å². The summed E-state index contributed by atoms with van der Waals surface area (Å²) in [5.41, 5.74) is 3.27. The molecule has 0 fully saturated rings. The minimum absolute atomic E-state index is 0.294. The summed E-state index contributed by atoms with van der Waals surface area (Å²) in [4.78, 5) is 2.29. The molecule has 2 nitrogen and oxygen atoms in total. The van der Waals surface area contributed by atoms with E-state index in [1.165, 1.54) is 0 Å². The van der Waals surface area contributed by atoms with E-state index in [4.69, 9.17) is 0 Å². The predicted molar refractivity (Wildman–Crippen MR) is 88.4 cm³/mol. The highest BCUT2D eigenvalue weighted by molar-refractivity contribution is 7.99. The van der Waals surface area contributed by atoms with E-state index in [0.717, 1.165) is 45.7 Å². The largest absolute Gasteiger partial charge is 0.508 e. The third-order valence-electron chi connectivity index (χ3n) is 3.68. The van der Waals surface area contributed by atoms with Crippen LogP contribution >= 0.6 is 11.8 Å². The molecule has 0 amide bonds. The zero-order chi connectivity index (χ0) is 15.4. The van der Waals surface area contributed by atoms with Gasteiger partial charge in [-0.1, -0.05) is 25.1 Å². The first-order valence-electron chi connectivity index (χ1n) is 7.31. The number of aromatic hydroxyl groups is 2. The van der Waals surface area contributed by atoms with Crippen molar-refractivity contribution in [1.82, 2.24) is 0 Å². The summed E-state index contributed by atoms with van der Waals surface area (Å²) >= 11 is 1.68. The van der Waals surface area contributed by atoms with Crippen molar-refractivity contribution in [2.75, 3.05) is 0 Å². The second kappa shape index (κ2) is 6.90. The number of hydrogen-bond donors (Lipinski definition) is 2. The topological polar surface area (TPSA) is 40.5 Å². The Hall–Kier alpha value is -1.61. The Morgan fingerprint density at radius 1 is 1.00 bits per heavy atom. The molecular formula is C18H22O2S. The van der Waals surface area contributed by atoms with Crippen LogP contribution in [-0.2, 0) is 6.42 Å². The molecule has 0 saturated heterocycles. The highest BCUT2D eigenvalue weighted by Crippen LogP contribution is 2.37.